The largest absolute Gasteiger partial charge is 0.497 e. The van der Waals surface area contributed by atoms with Crippen LogP contribution in [-0.4, -0.2) is 43.7 Å². The van der Waals surface area contributed by atoms with Crippen LogP contribution in [0.1, 0.15) is 50.7 Å². The monoisotopic (exact) mass is 446 g/mol. The number of nitrogens with one attached hydrogen (secondary N) is 1. The van der Waals surface area contributed by atoms with Crippen molar-refractivity contribution in [3.8, 4) is 5.75 Å². The summed E-state index contributed by atoms with van der Waals surface area (Å²) in [6.07, 6.45) is 0. The maximum absolute atomic E-state index is 13.4. The highest BCUT2D eigenvalue weighted by Crippen LogP contribution is 2.31. The lowest BCUT2D eigenvalue weighted by molar-refractivity contribution is 0.202. The van der Waals surface area contributed by atoms with E-state index in [0.717, 1.165) is 22.2 Å². The van der Waals surface area contributed by atoms with E-state index in [2.05, 4.69) is 44.5 Å². The SMILES string of the molecule is CCN(Cc1ccccc1)C(c1cc2cc(OC)ccc2[nH]c1=O)c1nnnn1C(C)(C)C. The third kappa shape index (κ3) is 4.66. The molecule has 0 bridgehead atoms. The van der Waals surface area contributed by atoms with Crippen LogP contribution in [0.2, 0.25) is 0 Å². The number of ether oxygens (including phenoxy) is 1. The van der Waals surface area contributed by atoms with Crippen molar-refractivity contribution in [2.45, 2.75) is 45.8 Å². The molecule has 2 aromatic carbocycles. The molecule has 33 heavy (non-hydrogen) atoms. The van der Waals surface area contributed by atoms with Gasteiger partial charge in [-0.2, -0.15) is 0 Å². The van der Waals surface area contributed by atoms with Crippen LogP contribution in [0, 0.1) is 0 Å². The zero-order chi connectivity index (χ0) is 23.6. The van der Waals surface area contributed by atoms with E-state index >= 15 is 0 Å². The number of fused-ring (bicyclic) bond motifs is 1. The van der Waals surface area contributed by atoms with E-state index < -0.39 is 6.04 Å². The number of H-pyrrole nitrogens is 1. The second kappa shape index (κ2) is 9.15. The van der Waals surface area contributed by atoms with Crippen LogP contribution < -0.4 is 10.3 Å². The van der Waals surface area contributed by atoms with Gasteiger partial charge in [0.1, 0.15) is 11.8 Å². The fraction of sp³-hybridized carbons (Fsp3) is 0.360. The Morgan fingerprint density at radius 3 is 2.55 bits per heavy atom. The third-order valence-corrected chi connectivity index (χ3v) is 5.75. The lowest BCUT2D eigenvalue weighted by Gasteiger charge is -2.32. The van der Waals surface area contributed by atoms with Gasteiger partial charge in [-0.05, 0) is 67.6 Å². The number of nitrogens with zero attached hydrogens (tertiary/aromatic N) is 5. The van der Waals surface area contributed by atoms with Crippen molar-refractivity contribution >= 4 is 10.9 Å². The van der Waals surface area contributed by atoms with E-state index in [9.17, 15) is 4.79 Å². The van der Waals surface area contributed by atoms with Crippen molar-refractivity contribution < 1.29 is 4.74 Å². The molecule has 2 aromatic heterocycles. The molecular weight excluding hydrogens is 416 g/mol. The maximum atomic E-state index is 13.4. The first-order chi connectivity index (χ1) is 15.8. The standard InChI is InChI=1S/C25H30N6O2/c1-6-30(16-17-10-8-7-9-11-17)22(23-27-28-29-31(23)25(2,3)4)20-15-18-14-19(33-5)12-13-21(18)26-24(20)32/h7-15,22H,6,16H2,1-5H3,(H,26,32). The fourth-order valence-corrected chi connectivity index (χ4v) is 4.08. The zero-order valence-corrected chi connectivity index (χ0v) is 19.7. The summed E-state index contributed by atoms with van der Waals surface area (Å²) in [5, 5.41) is 13.6. The molecule has 0 saturated heterocycles. The number of hydrogen-bond acceptors (Lipinski definition) is 6. The summed E-state index contributed by atoms with van der Waals surface area (Å²) in [6, 6.07) is 17.3. The van der Waals surface area contributed by atoms with Crippen molar-refractivity contribution in [1.82, 2.24) is 30.1 Å². The number of aromatic amines is 1. The molecule has 1 unspecified atom stereocenters. The van der Waals surface area contributed by atoms with Gasteiger partial charge in [0, 0.05) is 23.0 Å². The van der Waals surface area contributed by atoms with E-state index in [-0.39, 0.29) is 11.1 Å². The molecule has 0 spiro atoms. The Bertz CT molecular complexity index is 1290. The van der Waals surface area contributed by atoms with Gasteiger partial charge in [0.2, 0.25) is 0 Å². The first-order valence-electron chi connectivity index (χ1n) is 11.1. The van der Waals surface area contributed by atoms with E-state index in [1.54, 1.807) is 11.8 Å². The normalized spacial score (nSPS) is 12.9. The number of benzene rings is 2. The van der Waals surface area contributed by atoms with E-state index in [0.29, 0.717) is 24.5 Å². The molecule has 4 aromatic rings. The molecule has 0 amide bonds. The third-order valence-electron chi connectivity index (χ3n) is 5.75. The Labute approximate surface area is 193 Å². The smallest absolute Gasteiger partial charge is 0.253 e. The number of pyridine rings is 1. The van der Waals surface area contributed by atoms with Gasteiger partial charge in [0.15, 0.2) is 5.82 Å². The molecule has 0 aliphatic rings. The number of methoxy groups -OCH3 is 1. The van der Waals surface area contributed by atoms with E-state index in [4.69, 9.17) is 4.74 Å². The first-order valence-corrected chi connectivity index (χ1v) is 11.1. The summed E-state index contributed by atoms with van der Waals surface area (Å²) in [6.45, 7) is 9.58. The van der Waals surface area contributed by atoms with Crippen LogP contribution in [0.3, 0.4) is 0 Å². The number of rotatable bonds is 7. The average molecular weight is 447 g/mol. The maximum Gasteiger partial charge on any atom is 0.253 e. The van der Waals surface area contributed by atoms with Crippen molar-refractivity contribution in [2.75, 3.05) is 13.7 Å². The highest BCUT2D eigenvalue weighted by atomic mass is 16.5. The number of aromatic nitrogens is 5. The van der Waals surface area contributed by atoms with Crippen molar-refractivity contribution in [1.29, 1.82) is 0 Å². The Morgan fingerprint density at radius 1 is 1.12 bits per heavy atom. The fourth-order valence-electron chi connectivity index (χ4n) is 4.08. The Morgan fingerprint density at radius 2 is 1.88 bits per heavy atom. The molecular formula is C25H30N6O2. The van der Waals surface area contributed by atoms with Crippen LogP contribution in [0.4, 0.5) is 0 Å². The number of hydrogen-bond donors (Lipinski definition) is 1. The number of tetrazole rings is 1. The molecule has 1 atom stereocenters. The van der Waals surface area contributed by atoms with Gasteiger partial charge in [-0.25, -0.2) is 4.68 Å². The van der Waals surface area contributed by atoms with Crippen LogP contribution >= 0.6 is 0 Å². The summed E-state index contributed by atoms with van der Waals surface area (Å²) >= 11 is 0. The molecule has 2 heterocycles. The van der Waals surface area contributed by atoms with Crippen molar-refractivity contribution in [2.24, 2.45) is 0 Å². The van der Waals surface area contributed by atoms with Crippen molar-refractivity contribution in [3.63, 3.8) is 0 Å². The summed E-state index contributed by atoms with van der Waals surface area (Å²) in [4.78, 5) is 18.6. The van der Waals surface area contributed by atoms with E-state index in [1.165, 1.54) is 0 Å². The molecule has 1 N–H and O–H groups in total. The van der Waals surface area contributed by atoms with Gasteiger partial charge in [-0.1, -0.05) is 37.3 Å². The van der Waals surface area contributed by atoms with Gasteiger partial charge in [-0.3, -0.25) is 9.69 Å². The van der Waals surface area contributed by atoms with Gasteiger partial charge >= 0.3 is 0 Å². The lowest BCUT2D eigenvalue weighted by atomic mass is 10.0. The quantitative estimate of drug-likeness (QED) is 0.463. The molecule has 0 fully saturated rings. The molecule has 4 rings (SSSR count). The van der Waals surface area contributed by atoms with Crippen LogP contribution in [-0.2, 0) is 12.1 Å². The van der Waals surface area contributed by atoms with Gasteiger partial charge in [-0.15, -0.1) is 5.10 Å². The molecule has 0 radical (unpaired) electrons. The predicted molar refractivity (Wildman–Crippen MR) is 128 cm³/mol. The van der Waals surface area contributed by atoms with Crippen LogP contribution in [0.5, 0.6) is 5.75 Å². The zero-order valence-electron chi connectivity index (χ0n) is 19.7. The predicted octanol–water partition coefficient (Wildman–Crippen LogP) is 3.89. The Balaban J connectivity index is 1.92. The molecule has 0 saturated carbocycles. The van der Waals surface area contributed by atoms with Crippen LogP contribution in [0.15, 0.2) is 59.4 Å². The Kier molecular flexibility index (Phi) is 6.29. The topological polar surface area (TPSA) is 88.9 Å². The minimum atomic E-state index is -0.441. The molecule has 0 aliphatic heterocycles. The highest BCUT2D eigenvalue weighted by Gasteiger charge is 2.32. The minimum absolute atomic E-state index is 0.160. The minimum Gasteiger partial charge on any atom is -0.497 e. The molecule has 8 nitrogen and oxygen atoms in total. The summed E-state index contributed by atoms with van der Waals surface area (Å²) in [5.41, 5.74) is 1.99. The average Bonchev–Trinajstić information content (AvgIpc) is 3.29. The van der Waals surface area contributed by atoms with Gasteiger partial charge in [0.25, 0.3) is 5.56 Å². The summed E-state index contributed by atoms with van der Waals surface area (Å²) in [7, 11) is 1.63. The molecule has 8 heteroatoms. The second-order valence-corrected chi connectivity index (χ2v) is 9.08. The van der Waals surface area contributed by atoms with Gasteiger partial charge < -0.3 is 9.72 Å². The van der Waals surface area contributed by atoms with E-state index in [1.807, 2.05) is 63.2 Å². The van der Waals surface area contributed by atoms with Gasteiger partial charge in [0.05, 0.1) is 12.6 Å². The Hall–Kier alpha value is -3.52. The first kappa shape index (κ1) is 22.7. The lowest BCUT2D eigenvalue weighted by Crippen LogP contribution is -2.37. The molecule has 0 aliphatic carbocycles. The second-order valence-electron chi connectivity index (χ2n) is 9.08. The summed E-state index contributed by atoms with van der Waals surface area (Å²) < 4.78 is 7.20. The summed E-state index contributed by atoms with van der Waals surface area (Å²) in [5.74, 6) is 1.36. The molecule has 172 valence electrons. The highest BCUT2D eigenvalue weighted by molar-refractivity contribution is 5.80. The van der Waals surface area contributed by atoms with Crippen molar-refractivity contribution in [3.05, 3.63) is 81.9 Å². The van der Waals surface area contributed by atoms with Crippen LogP contribution in [0.25, 0.3) is 10.9 Å².